The zero-order valence-corrected chi connectivity index (χ0v) is 10.0. The van der Waals surface area contributed by atoms with Gasteiger partial charge in [-0.05, 0) is 31.2 Å². The number of methoxy groups -OCH3 is 1. The molecule has 0 saturated carbocycles. The van der Waals surface area contributed by atoms with Gasteiger partial charge in [0.05, 0.1) is 13.7 Å². The van der Waals surface area contributed by atoms with Gasteiger partial charge in [0, 0.05) is 5.56 Å². The quantitative estimate of drug-likeness (QED) is 0.213. The van der Waals surface area contributed by atoms with Crippen molar-refractivity contribution in [3.8, 4) is 5.75 Å². The molecule has 0 spiro atoms. The summed E-state index contributed by atoms with van der Waals surface area (Å²) in [6.07, 6.45) is 0. The Labute approximate surface area is 104 Å². The lowest BCUT2D eigenvalue weighted by molar-refractivity contribution is -0.135. The number of rotatable bonds is 5. The molecule has 0 radical (unpaired) electrons. The summed E-state index contributed by atoms with van der Waals surface area (Å²) in [5, 5.41) is 11.4. The number of nitrogens with zero attached hydrogens (tertiary/aromatic N) is 1. The zero-order chi connectivity index (χ0) is 13.5. The average molecular weight is 251 g/mol. The predicted octanol–water partition coefficient (Wildman–Crippen LogP) is 1.27. The summed E-state index contributed by atoms with van der Waals surface area (Å²) >= 11 is 0. The lowest BCUT2D eigenvalue weighted by Crippen LogP contribution is -2.26. The molecule has 0 aliphatic rings. The number of Topliss-reactive ketones (excluding diaryl/α,β-unsaturated/α-hetero) is 1. The van der Waals surface area contributed by atoms with Crippen molar-refractivity contribution < 1.29 is 24.3 Å². The third-order valence-corrected chi connectivity index (χ3v) is 2.14. The SMILES string of the molecule is CCOC(=O)/C(=N\O)C(=O)c1ccc(OC)cc1. The van der Waals surface area contributed by atoms with Crippen LogP contribution >= 0.6 is 0 Å². The molecule has 1 N–H and O–H groups in total. The van der Waals surface area contributed by atoms with Crippen LogP contribution in [0, 0.1) is 0 Å². The number of ether oxygens (including phenoxy) is 2. The first kappa shape index (κ1) is 13.7. The van der Waals surface area contributed by atoms with E-state index in [4.69, 9.17) is 9.94 Å². The molecular formula is C12H13NO5. The van der Waals surface area contributed by atoms with Crippen LogP contribution in [0.25, 0.3) is 0 Å². The number of carbonyl (C=O) groups is 2. The van der Waals surface area contributed by atoms with Crippen LogP contribution in [-0.4, -0.2) is 36.4 Å². The van der Waals surface area contributed by atoms with E-state index in [-0.39, 0.29) is 12.2 Å². The monoisotopic (exact) mass is 251 g/mol. The largest absolute Gasteiger partial charge is 0.497 e. The zero-order valence-electron chi connectivity index (χ0n) is 10.0. The van der Waals surface area contributed by atoms with Gasteiger partial charge in [-0.25, -0.2) is 4.79 Å². The van der Waals surface area contributed by atoms with Crippen LogP contribution in [0.15, 0.2) is 29.4 Å². The Hall–Kier alpha value is -2.37. The summed E-state index contributed by atoms with van der Waals surface area (Å²) in [7, 11) is 1.50. The Morgan fingerprint density at radius 1 is 1.28 bits per heavy atom. The smallest absolute Gasteiger partial charge is 0.364 e. The van der Waals surface area contributed by atoms with Crippen LogP contribution in [-0.2, 0) is 9.53 Å². The van der Waals surface area contributed by atoms with Crippen molar-refractivity contribution in [3.63, 3.8) is 0 Å². The maximum Gasteiger partial charge on any atom is 0.364 e. The van der Waals surface area contributed by atoms with Crippen LogP contribution < -0.4 is 4.74 Å². The van der Waals surface area contributed by atoms with Gasteiger partial charge in [0.1, 0.15) is 5.75 Å². The number of hydrogen-bond acceptors (Lipinski definition) is 6. The second kappa shape index (κ2) is 6.39. The molecule has 0 fully saturated rings. The van der Waals surface area contributed by atoms with E-state index in [1.807, 2.05) is 0 Å². The Kier molecular flexibility index (Phi) is 4.86. The van der Waals surface area contributed by atoms with Crippen molar-refractivity contribution >= 4 is 17.5 Å². The molecule has 0 saturated heterocycles. The van der Waals surface area contributed by atoms with Crippen LogP contribution in [0.1, 0.15) is 17.3 Å². The Morgan fingerprint density at radius 3 is 2.33 bits per heavy atom. The lowest BCUT2D eigenvalue weighted by Gasteiger charge is -2.04. The number of hydrogen-bond donors (Lipinski definition) is 1. The van der Waals surface area contributed by atoms with Crippen molar-refractivity contribution in [2.75, 3.05) is 13.7 Å². The molecule has 96 valence electrons. The molecule has 0 heterocycles. The third kappa shape index (κ3) is 3.07. The minimum absolute atomic E-state index is 0.0910. The van der Waals surface area contributed by atoms with Gasteiger partial charge in [-0.1, -0.05) is 5.16 Å². The van der Waals surface area contributed by atoms with Crippen molar-refractivity contribution in [1.82, 2.24) is 0 Å². The molecule has 1 aromatic carbocycles. The third-order valence-electron chi connectivity index (χ3n) is 2.14. The van der Waals surface area contributed by atoms with Gasteiger partial charge in [0.2, 0.25) is 11.5 Å². The fourth-order valence-electron chi connectivity index (χ4n) is 1.26. The van der Waals surface area contributed by atoms with Crippen LogP contribution in [0.4, 0.5) is 0 Å². The van der Waals surface area contributed by atoms with E-state index in [0.717, 1.165) is 0 Å². The molecule has 6 heteroatoms. The van der Waals surface area contributed by atoms with Crippen molar-refractivity contribution in [2.45, 2.75) is 6.92 Å². The first-order valence-corrected chi connectivity index (χ1v) is 5.22. The van der Waals surface area contributed by atoms with Crippen molar-refractivity contribution in [1.29, 1.82) is 0 Å². The number of esters is 1. The number of benzene rings is 1. The van der Waals surface area contributed by atoms with Gasteiger partial charge in [-0.3, -0.25) is 4.79 Å². The first-order chi connectivity index (χ1) is 8.63. The molecule has 18 heavy (non-hydrogen) atoms. The molecule has 1 rings (SSSR count). The molecule has 0 aliphatic carbocycles. The molecule has 0 aliphatic heterocycles. The molecule has 0 amide bonds. The lowest BCUT2D eigenvalue weighted by atomic mass is 10.1. The number of oxime groups is 1. The molecule has 6 nitrogen and oxygen atoms in total. The Balaban J connectivity index is 2.93. The summed E-state index contributed by atoms with van der Waals surface area (Å²) in [6, 6.07) is 6.05. The van der Waals surface area contributed by atoms with Gasteiger partial charge < -0.3 is 14.7 Å². The maximum absolute atomic E-state index is 11.9. The molecule has 0 unspecified atom stereocenters. The minimum atomic E-state index is -0.958. The molecule has 0 atom stereocenters. The summed E-state index contributed by atoms with van der Waals surface area (Å²) in [5.41, 5.74) is -0.446. The van der Waals surface area contributed by atoms with Gasteiger partial charge in [0.25, 0.3) is 0 Å². The second-order valence-corrected chi connectivity index (χ2v) is 3.23. The van der Waals surface area contributed by atoms with Gasteiger partial charge >= 0.3 is 5.97 Å². The summed E-state index contributed by atoms with van der Waals surface area (Å²) < 4.78 is 9.55. The highest BCUT2D eigenvalue weighted by atomic mass is 16.5. The topological polar surface area (TPSA) is 85.2 Å². The minimum Gasteiger partial charge on any atom is -0.497 e. The predicted molar refractivity (Wildman–Crippen MR) is 63.2 cm³/mol. The van der Waals surface area contributed by atoms with E-state index in [1.54, 1.807) is 19.1 Å². The van der Waals surface area contributed by atoms with E-state index in [9.17, 15) is 9.59 Å². The molecular weight excluding hydrogens is 238 g/mol. The van der Waals surface area contributed by atoms with Crippen LogP contribution in [0.5, 0.6) is 5.75 Å². The number of ketones is 1. The molecule has 1 aromatic rings. The van der Waals surface area contributed by atoms with Crippen LogP contribution in [0.3, 0.4) is 0 Å². The fraction of sp³-hybridized carbons (Fsp3) is 0.250. The summed E-state index contributed by atoms with van der Waals surface area (Å²) in [4.78, 5) is 23.2. The van der Waals surface area contributed by atoms with E-state index in [0.29, 0.717) is 5.75 Å². The first-order valence-electron chi connectivity index (χ1n) is 5.22. The highest BCUT2D eigenvalue weighted by molar-refractivity contribution is 6.67. The Bertz CT molecular complexity index is 464. The maximum atomic E-state index is 11.9. The standard InChI is InChI=1S/C12H13NO5/c1-3-18-12(15)10(13-16)11(14)8-4-6-9(17-2)7-5-8/h4-7,16H,3H2,1-2H3/b13-10-. The van der Waals surface area contributed by atoms with Crippen molar-refractivity contribution in [3.05, 3.63) is 29.8 Å². The van der Waals surface area contributed by atoms with Gasteiger partial charge in [-0.15, -0.1) is 0 Å². The van der Waals surface area contributed by atoms with E-state index < -0.39 is 17.5 Å². The number of carbonyl (C=O) groups excluding carboxylic acids is 2. The van der Waals surface area contributed by atoms with Gasteiger partial charge in [0.15, 0.2) is 0 Å². The second-order valence-electron chi connectivity index (χ2n) is 3.23. The highest BCUT2D eigenvalue weighted by Crippen LogP contribution is 2.12. The van der Waals surface area contributed by atoms with E-state index in [1.165, 1.54) is 19.2 Å². The van der Waals surface area contributed by atoms with Gasteiger partial charge in [-0.2, -0.15) is 0 Å². The van der Waals surface area contributed by atoms with E-state index >= 15 is 0 Å². The summed E-state index contributed by atoms with van der Waals surface area (Å²) in [6.45, 7) is 1.68. The molecule has 0 aromatic heterocycles. The Morgan fingerprint density at radius 2 is 1.89 bits per heavy atom. The highest BCUT2D eigenvalue weighted by Gasteiger charge is 2.23. The van der Waals surface area contributed by atoms with E-state index in [2.05, 4.69) is 9.89 Å². The summed E-state index contributed by atoms with van der Waals surface area (Å²) in [5.74, 6) is -1.09. The average Bonchev–Trinajstić information content (AvgIpc) is 2.40. The van der Waals surface area contributed by atoms with Crippen LogP contribution in [0.2, 0.25) is 0 Å². The molecule has 0 bridgehead atoms. The van der Waals surface area contributed by atoms with Crippen molar-refractivity contribution in [2.24, 2.45) is 5.16 Å². The fourth-order valence-corrected chi connectivity index (χ4v) is 1.26. The normalized spacial score (nSPS) is 10.9.